The molecule has 0 radical (unpaired) electrons. The van der Waals surface area contributed by atoms with Gasteiger partial charge < -0.3 is 0 Å². The second kappa shape index (κ2) is 7.61. The van der Waals surface area contributed by atoms with Crippen LogP contribution in [0.5, 0.6) is 11.5 Å². The Labute approximate surface area is 145 Å². The van der Waals surface area contributed by atoms with Gasteiger partial charge in [0.25, 0.3) is 0 Å². The van der Waals surface area contributed by atoms with Gasteiger partial charge in [-0.15, -0.1) is 0 Å². The second-order valence-electron chi connectivity index (χ2n) is 6.41. The fourth-order valence-corrected chi connectivity index (χ4v) is 7.23. The SMILES string of the molecule is CCc1c(C)cccc1[O][Sn]([CH3])([CH3])[O]c1cccc(C)c1CC. The van der Waals surface area contributed by atoms with Crippen LogP contribution in [0.4, 0.5) is 0 Å². The molecule has 2 aromatic rings. The Bertz CT molecular complexity index is 620. The molecule has 2 nitrogen and oxygen atoms in total. The molecule has 0 aromatic heterocycles. The molecule has 2 aromatic carbocycles. The average molecular weight is 419 g/mol. The molecule has 0 saturated heterocycles. The molecule has 3 heteroatoms. The summed E-state index contributed by atoms with van der Waals surface area (Å²) in [6, 6.07) is 12.6. The first-order valence-electron chi connectivity index (χ1n) is 8.43. The first kappa shape index (κ1) is 18.2. The zero-order valence-corrected chi connectivity index (χ0v) is 18.0. The van der Waals surface area contributed by atoms with Gasteiger partial charge in [0.05, 0.1) is 0 Å². The van der Waals surface area contributed by atoms with Crippen LogP contribution in [0, 0.1) is 13.8 Å². The molecule has 0 bridgehead atoms. The molecule has 23 heavy (non-hydrogen) atoms. The van der Waals surface area contributed by atoms with E-state index < -0.39 is 19.2 Å². The normalized spacial score (nSPS) is 11.4. The Hall–Kier alpha value is -1.16. The summed E-state index contributed by atoms with van der Waals surface area (Å²) in [5, 5.41) is 0. The molecule has 0 saturated carbocycles. The fourth-order valence-electron chi connectivity index (χ4n) is 3.00. The number of hydrogen-bond acceptors (Lipinski definition) is 2. The Morgan fingerprint density at radius 1 is 0.739 bits per heavy atom. The van der Waals surface area contributed by atoms with Crippen LogP contribution in [0.15, 0.2) is 36.4 Å². The van der Waals surface area contributed by atoms with Crippen LogP contribution in [0.1, 0.15) is 36.1 Å². The fraction of sp³-hybridized carbons (Fsp3) is 0.400. The summed E-state index contributed by atoms with van der Waals surface area (Å²) >= 11 is -3.15. The van der Waals surface area contributed by atoms with E-state index in [-0.39, 0.29) is 0 Å². The van der Waals surface area contributed by atoms with Gasteiger partial charge in [-0.1, -0.05) is 0 Å². The average Bonchev–Trinajstić information content (AvgIpc) is 2.47. The van der Waals surface area contributed by atoms with E-state index in [2.05, 4.69) is 74.0 Å². The molecule has 124 valence electrons. The van der Waals surface area contributed by atoms with Crippen LogP contribution < -0.4 is 6.15 Å². The van der Waals surface area contributed by atoms with Crippen molar-refractivity contribution < 1.29 is 6.15 Å². The predicted molar refractivity (Wildman–Crippen MR) is 99.9 cm³/mol. The third kappa shape index (κ3) is 4.43. The monoisotopic (exact) mass is 420 g/mol. The van der Waals surface area contributed by atoms with Crippen molar-refractivity contribution in [2.75, 3.05) is 0 Å². The van der Waals surface area contributed by atoms with E-state index in [1.807, 2.05) is 0 Å². The van der Waals surface area contributed by atoms with Crippen LogP contribution in [-0.4, -0.2) is 19.2 Å². The van der Waals surface area contributed by atoms with Gasteiger partial charge in [0.15, 0.2) is 0 Å². The molecule has 2 rings (SSSR count). The number of rotatable bonds is 6. The van der Waals surface area contributed by atoms with Crippen LogP contribution in [-0.2, 0) is 12.8 Å². The van der Waals surface area contributed by atoms with E-state index in [1.165, 1.54) is 22.3 Å². The molecule has 0 spiro atoms. The maximum atomic E-state index is 6.44. The quantitative estimate of drug-likeness (QED) is 0.569. The molecule has 0 atom stereocenters. The zero-order chi connectivity index (χ0) is 17.0. The van der Waals surface area contributed by atoms with Crippen molar-refractivity contribution in [3.8, 4) is 11.5 Å². The van der Waals surface area contributed by atoms with E-state index in [0.29, 0.717) is 0 Å². The molecule has 0 amide bonds. The van der Waals surface area contributed by atoms with Gasteiger partial charge >= 0.3 is 146 Å². The Morgan fingerprint density at radius 2 is 1.13 bits per heavy atom. The van der Waals surface area contributed by atoms with Crippen molar-refractivity contribution in [3.63, 3.8) is 0 Å². The standard InChI is InChI=1S/2C9H12O.2CH3.Sn/c2*1-3-8-7(2)5-4-6-9(8)10;;;/h2*4-6,10H,3H2,1-2H3;2*1H3;/q;;;;+2/p-2. The minimum atomic E-state index is -3.15. The summed E-state index contributed by atoms with van der Waals surface area (Å²) in [4.78, 5) is 4.36. The molecule has 0 heterocycles. The number of hydrogen-bond donors (Lipinski definition) is 0. The van der Waals surface area contributed by atoms with E-state index in [9.17, 15) is 0 Å². The number of aryl methyl sites for hydroxylation is 2. The third-order valence-electron chi connectivity index (χ3n) is 4.15. The van der Waals surface area contributed by atoms with Crippen molar-refractivity contribution in [1.82, 2.24) is 0 Å². The summed E-state index contributed by atoms with van der Waals surface area (Å²) in [7, 11) is 0. The molecule has 0 N–H and O–H groups in total. The van der Waals surface area contributed by atoms with Gasteiger partial charge in [-0.2, -0.15) is 0 Å². The van der Waals surface area contributed by atoms with Gasteiger partial charge in [0, 0.05) is 0 Å². The first-order chi connectivity index (χ1) is 10.9. The van der Waals surface area contributed by atoms with Crippen LogP contribution in [0.2, 0.25) is 9.88 Å². The van der Waals surface area contributed by atoms with Crippen molar-refractivity contribution >= 4 is 19.2 Å². The summed E-state index contributed by atoms with van der Waals surface area (Å²) in [5.41, 5.74) is 5.16. The van der Waals surface area contributed by atoms with E-state index in [0.717, 1.165) is 24.3 Å². The van der Waals surface area contributed by atoms with Crippen molar-refractivity contribution in [1.29, 1.82) is 0 Å². The third-order valence-corrected chi connectivity index (χ3v) is 8.21. The van der Waals surface area contributed by atoms with Crippen LogP contribution in [0.25, 0.3) is 0 Å². The van der Waals surface area contributed by atoms with E-state index in [1.54, 1.807) is 0 Å². The molecular formula is C20H28O2Sn. The van der Waals surface area contributed by atoms with Crippen LogP contribution in [0.3, 0.4) is 0 Å². The predicted octanol–water partition coefficient (Wildman–Crippen LogP) is 5.59. The Kier molecular flexibility index (Phi) is 6.01. The van der Waals surface area contributed by atoms with E-state index in [4.69, 9.17) is 6.15 Å². The van der Waals surface area contributed by atoms with Gasteiger partial charge in [-0.3, -0.25) is 0 Å². The molecule has 0 aliphatic rings. The zero-order valence-electron chi connectivity index (χ0n) is 15.2. The molecule has 0 aliphatic heterocycles. The topological polar surface area (TPSA) is 18.5 Å². The van der Waals surface area contributed by atoms with Crippen LogP contribution >= 0.6 is 0 Å². The summed E-state index contributed by atoms with van der Waals surface area (Å²) in [5.74, 6) is 2.00. The van der Waals surface area contributed by atoms with Crippen molar-refractivity contribution in [3.05, 3.63) is 58.7 Å². The maximum absolute atomic E-state index is 6.44. The molecule has 0 unspecified atom stereocenters. The Balaban J connectivity index is 2.27. The van der Waals surface area contributed by atoms with E-state index >= 15 is 0 Å². The van der Waals surface area contributed by atoms with Gasteiger partial charge in [0.1, 0.15) is 0 Å². The number of benzene rings is 2. The second-order valence-corrected chi connectivity index (χ2v) is 15.6. The summed E-state index contributed by atoms with van der Waals surface area (Å²) in [6.07, 6.45) is 1.96. The summed E-state index contributed by atoms with van der Waals surface area (Å²) in [6.45, 7) is 8.64. The summed E-state index contributed by atoms with van der Waals surface area (Å²) < 4.78 is 12.9. The minimum absolute atomic E-state index is 0.981. The van der Waals surface area contributed by atoms with Crippen molar-refractivity contribution in [2.24, 2.45) is 0 Å². The van der Waals surface area contributed by atoms with Gasteiger partial charge in [-0.25, -0.2) is 0 Å². The Morgan fingerprint density at radius 3 is 1.48 bits per heavy atom. The van der Waals surface area contributed by atoms with Crippen molar-refractivity contribution in [2.45, 2.75) is 50.4 Å². The molecular weight excluding hydrogens is 391 g/mol. The van der Waals surface area contributed by atoms with Gasteiger partial charge in [-0.05, 0) is 0 Å². The molecule has 0 fully saturated rings. The van der Waals surface area contributed by atoms with Gasteiger partial charge in [0.2, 0.25) is 0 Å². The first-order valence-corrected chi connectivity index (χ1v) is 16.5. The molecule has 0 aliphatic carbocycles.